The van der Waals surface area contributed by atoms with Crippen molar-refractivity contribution < 1.29 is 0 Å². The molecule has 0 fully saturated rings. The van der Waals surface area contributed by atoms with E-state index in [2.05, 4.69) is 55.4 Å². The van der Waals surface area contributed by atoms with Gasteiger partial charge in [0.25, 0.3) is 0 Å². The number of halogens is 1. The molecule has 2 nitrogen and oxygen atoms in total. The highest BCUT2D eigenvalue weighted by atomic mass is 35.5. The summed E-state index contributed by atoms with van der Waals surface area (Å²) in [6.07, 6.45) is 0. The minimum absolute atomic E-state index is 0.761. The zero-order chi connectivity index (χ0) is 14.7. The SMILES string of the molecule is CNCc1ccc(Cl)cc1N(C)c1ccc(C)cc1C. The quantitative estimate of drug-likeness (QED) is 0.894. The van der Waals surface area contributed by atoms with Crippen LogP contribution in [0.15, 0.2) is 36.4 Å². The molecular weight excluding hydrogens is 268 g/mol. The Kier molecular flexibility index (Phi) is 4.69. The average molecular weight is 289 g/mol. The summed E-state index contributed by atoms with van der Waals surface area (Å²) < 4.78 is 0. The van der Waals surface area contributed by atoms with Crippen molar-refractivity contribution in [3.63, 3.8) is 0 Å². The second-order valence-electron chi connectivity index (χ2n) is 5.15. The highest BCUT2D eigenvalue weighted by Gasteiger charge is 2.11. The maximum absolute atomic E-state index is 6.17. The van der Waals surface area contributed by atoms with Gasteiger partial charge in [0.05, 0.1) is 0 Å². The normalized spacial score (nSPS) is 10.7. The lowest BCUT2D eigenvalue weighted by atomic mass is 10.1. The average Bonchev–Trinajstić information content (AvgIpc) is 2.40. The van der Waals surface area contributed by atoms with Crippen LogP contribution >= 0.6 is 11.6 Å². The molecule has 0 saturated heterocycles. The second kappa shape index (κ2) is 6.29. The molecule has 0 atom stereocenters. The van der Waals surface area contributed by atoms with E-state index in [1.807, 2.05) is 19.2 Å². The molecule has 2 aromatic carbocycles. The third kappa shape index (κ3) is 3.14. The molecule has 106 valence electrons. The molecule has 0 aliphatic carbocycles. The zero-order valence-electron chi connectivity index (χ0n) is 12.5. The van der Waals surface area contributed by atoms with Gasteiger partial charge in [-0.3, -0.25) is 0 Å². The fourth-order valence-electron chi connectivity index (χ4n) is 2.50. The maximum atomic E-state index is 6.17. The Morgan fingerprint density at radius 2 is 1.80 bits per heavy atom. The Balaban J connectivity index is 2.46. The van der Waals surface area contributed by atoms with Gasteiger partial charge in [-0.25, -0.2) is 0 Å². The zero-order valence-corrected chi connectivity index (χ0v) is 13.3. The van der Waals surface area contributed by atoms with E-state index < -0.39 is 0 Å². The smallest absolute Gasteiger partial charge is 0.0468 e. The number of nitrogens with one attached hydrogen (secondary N) is 1. The highest BCUT2D eigenvalue weighted by molar-refractivity contribution is 6.30. The van der Waals surface area contributed by atoms with Crippen molar-refractivity contribution >= 4 is 23.0 Å². The number of benzene rings is 2. The van der Waals surface area contributed by atoms with Gasteiger partial charge in [0.2, 0.25) is 0 Å². The number of nitrogens with zero attached hydrogens (tertiary/aromatic N) is 1. The van der Waals surface area contributed by atoms with Crippen LogP contribution < -0.4 is 10.2 Å². The van der Waals surface area contributed by atoms with Crippen molar-refractivity contribution in [1.29, 1.82) is 0 Å². The van der Waals surface area contributed by atoms with E-state index in [0.717, 1.165) is 17.3 Å². The molecule has 0 radical (unpaired) electrons. The highest BCUT2D eigenvalue weighted by Crippen LogP contribution is 2.32. The predicted octanol–water partition coefficient (Wildman–Crippen LogP) is 4.44. The van der Waals surface area contributed by atoms with E-state index in [1.165, 1.54) is 22.4 Å². The first-order valence-electron chi connectivity index (χ1n) is 6.77. The van der Waals surface area contributed by atoms with Crippen molar-refractivity contribution in [2.24, 2.45) is 0 Å². The van der Waals surface area contributed by atoms with Gasteiger partial charge in [0.1, 0.15) is 0 Å². The summed E-state index contributed by atoms with van der Waals surface area (Å²) in [5, 5.41) is 3.96. The number of hydrogen-bond donors (Lipinski definition) is 1. The fourth-order valence-corrected chi connectivity index (χ4v) is 2.67. The number of rotatable bonds is 4. The van der Waals surface area contributed by atoms with Crippen LogP contribution in [0.25, 0.3) is 0 Å². The van der Waals surface area contributed by atoms with Gasteiger partial charge in [-0.1, -0.05) is 35.4 Å². The van der Waals surface area contributed by atoms with Gasteiger partial charge in [-0.2, -0.15) is 0 Å². The lowest BCUT2D eigenvalue weighted by molar-refractivity contribution is 0.816. The third-order valence-corrected chi connectivity index (χ3v) is 3.72. The standard InChI is InChI=1S/C17H21ClN2/c1-12-5-8-16(13(2)9-12)20(4)17-10-15(18)7-6-14(17)11-19-3/h5-10,19H,11H2,1-4H3. The van der Waals surface area contributed by atoms with Crippen molar-refractivity contribution in [2.45, 2.75) is 20.4 Å². The van der Waals surface area contributed by atoms with Gasteiger partial charge in [0.15, 0.2) is 0 Å². The molecule has 0 bridgehead atoms. The van der Waals surface area contributed by atoms with Gasteiger partial charge >= 0.3 is 0 Å². The minimum atomic E-state index is 0.761. The van der Waals surface area contributed by atoms with Crippen LogP contribution in [0.1, 0.15) is 16.7 Å². The molecule has 2 aromatic rings. The van der Waals surface area contributed by atoms with Crippen LogP contribution in [0.3, 0.4) is 0 Å². The van der Waals surface area contributed by atoms with Crippen LogP contribution in [-0.2, 0) is 6.54 Å². The van der Waals surface area contributed by atoms with E-state index >= 15 is 0 Å². The second-order valence-corrected chi connectivity index (χ2v) is 5.59. The Bertz CT molecular complexity index is 608. The summed E-state index contributed by atoms with van der Waals surface area (Å²) in [7, 11) is 4.04. The molecule has 0 heterocycles. The molecule has 0 spiro atoms. The van der Waals surface area contributed by atoms with Crippen molar-refractivity contribution in [2.75, 3.05) is 19.0 Å². The molecule has 0 unspecified atom stereocenters. The summed E-state index contributed by atoms with van der Waals surface area (Å²) in [6, 6.07) is 12.5. The first-order chi connectivity index (χ1) is 9.52. The largest absolute Gasteiger partial charge is 0.344 e. The molecule has 0 aromatic heterocycles. The summed E-state index contributed by atoms with van der Waals surface area (Å²) >= 11 is 6.17. The molecule has 0 aliphatic heterocycles. The van der Waals surface area contributed by atoms with Crippen molar-refractivity contribution in [3.8, 4) is 0 Å². The van der Waals surface area contributed by atoms with E-state index in [0.29, 0.717) is 0 Å². The van der Waals surface area contributed by atoms with Crippen molar-refractivity contribution in [1.82, 2.24) is 5.32 Å². The minimum Gasteiger partial charge on any atom is -0.344 e. The topological polar surface area (TPSA) is 15.3 Å². The molecule has 3 heteroatoms. The van der Waals surface area contributed by atoms with E-state index in [4.69, 9.17) is 11.6 Å². The maximum Gasteiger partial charge on any atom is 0.0468 e. The predicted molar refractivity (Wildman–Crippen MR) is 88.2 cm³/mol. The van der Waals surface area contributed by atoms with Gasteiger partial charge in [-0.05, 0) is 50.2 Å². The first-order valence-corrected chi connectivity index (χ1v) is 7.14. The first kappa shape index (κ1) is 14.9. The molecule has 20 heavy (non-hydrogen) atoms. The Morgan fingerprint density at radius 1 is 1.05 bits per heavy atom. The Labute approximate surface area is 126 Å². The molecule has 0 amide bonds. The van der Waals surface area contributed by atoms with Crippen molar-refractivity contribution in [3.05, 3.63) is 58.1 Å². The van der Waals surface area contributed by atoms with Crippen LogP contribution in [0.4, 0.5) is 11.4 Å². The summed E-state index contributed by atoms with van der Waals surface area (Å²) in [5.41, 5.74) is 6.12. The van der Waals surface area contributed by atoms with Crippen LogP contribution in [-0.4, -0.2) is 14.1 Å². The third-order valence-electron chi connectivity index (χ3n) is 3.49. The molecule has 2 rings (SSSR count). The van der Waals surface area contributed by atoms with Gasteiger partial charge < -0.3 is 10.2 Å². The van der Waals surface area contributed by atoms with E-state index in [9.17, 15) is 0 Å². The lowest BCUT2D eigenvalue weighted by Gasteiger charge is -2.25. The Hall–Kier alpha value is -1.51. The van der Waals surface area contributed by atoms with Gasteiger partial charge in [-0.15, -0.1) is 0 Å². The molecule has 1 N–H and O–H groups in total. The summed E-state index contributed by atoms with van der Waals surface area (Å²) in [5.74, 6) is 0. The molecule has 0 saturated carbocycles. The van der Waals surface area contributed by atoms with Gasteiger partial charge in [0, 0.05) is 30.0 Å². The van der Waals surface area contributed by atoms with Crippen LogP contribution in [0.2, 0.25) is 5.02 Å². The number of anilines is 2. The fraction of sp³-hybridized carbons (Fsp3) is 0.294. The number of hydrogen-bond acceptors (Lipinski definition) is 2. The molecule has 0 aliphatic rings. The number of aryl methyl sites for hydroxylation is 2. The van der Waals surface area contributed by atoms with E-state index in [1.54, 1.807) is 0 Å². The van der Waals surface area contributed by atoms with Crippen LogP contribution in [0.5, 0.6) is 0 Å². The molecular formula is C17H21ClN2. The summed E-state index contributed by atoms with van der Waals surface area (Å²) in [6.45, 7) is 5.07. The lowest BCUT2D eigenvalue weighted by Crippen LogP contribution is -2.15. The Morgan fingerprint density at radius 3 is 2.45 bits per heavy atom. The summed E-state index contributed by atoms with van der Waals surface area (Å²) in [4.78, 5) is 2.20. The van der Waals surface area contributed by atoms with Crippen LogP contribution in [0, 0.1) is 13.8 Å². The monoisotopic (exact) mass is 288 g/mol. The van der Waals surface area contributed by atoms with E-state index in [-0.39, 0.29) is 0 Å².